The lowest BCUT2D eigenvalue weighted by molar-refractivity contribution is 0.0289. The number of carbonyl (C=O) groups excluding carboxylic acids is 1. The van der Waals surface area contributed by atoms with Crippen molar-refractivity contribution in [1.82, 2.24) is 24.6 Å². The minimum absolute atomic E-state index is 0.108. The quantitative estimate of drug-likeness (QED) is 0.451. The van der Waals surface area contributed by atoms with Gasteiger partial charge in [-0.25, -0.2) is 18.2 Å². The third kappa shape index (κ3) is 6.27. The van der Waals surface area contributed by atoms with Crippen molar-refractivity contribution >= 4 is 33.4 Å². The second kappa shape index (κ2) is 10.2. The number of hydrogen-bond donors (Lipinski definition) is 1. The van der Waals surface area contributed by atoms with Gasteiger partial charge in [0.1, 0.15) is 17.6 Å². The maximum Gasteiger partial charge on any atom is 0.410 e. The zero-order valence-corrected chi connectivity index (χ0v) is 24.0. The van der Waals surface area contributed by atoms with Crippen LogP contribution in [0.4, 0.5) is 10.5 Å². The van der Waals surface area contributed by atoms with E-state index in [4.69, 9.17) is 16.3 Å². The molecule has 3 aromatic rings. The molecular weight excluding hydrogens is 528 g/mol. The van der Waals surface area contributed by atoms with Crippen LogP contribution in [0.2, 0.25) is 5.02 Å². The van der Waals surface area contributed by atoms with Gasteiger partial charge in [-0.05, 0) is 56.4 Å². The second-order valence-electron chi connectivity index (χ2n) is 11.4. The number of anilines is 1. The monoisotopic (exact) mass is 560 g/mol. The van der Waals surface area contributed by atoms with Gasteiger partial charge < -0.3 is 14.2 Å². The Bertz CT molecular complexity index is 1430. The van der Waals surface area contributed by atoms with Gasteiger partial charge in [0.05, 0.1) is 21.6 Å². The van der Waals surface area contributed by atoms with E-state index in [0.29, 0.717) is 25.3 Å². The highest BCUT2D eigenvalue weighted by Gasteiger charge is 2.33. The number of sulfonamides is 1. The third-order valence-corrected chi connectivity index (χ3v) is 7.71. The SMILES string of the molecule is CC(C)(C)OC(=O)N1CC[C@H](n2cnnc2-c2ncc(Cl)cc2NS(=O)(=O)c2ccc(C(C)(C)C)cc2)C1. The van der Waals surface area contributed by atoms with Crippen molar-refractivity contribution < 1.29 is 17.9 Å². The van der Waals surface area contributed by atoms with Crippen molar-refractivity contribution in [3.63, 3.8) is 0 Å². The van der Waals surface area contributed by atoms with Gasteiger partial charge in [-0.3, -0.25) is 4.72 Å². The fraction of sp³-hybridized carbons (Fsp3) is 0.462. The molecule has 4 rings (SSSR count). The summed E-state index contributed by atoms with van der Waals surface area (Å²) in [5.41, 5.74) is 0.768. The van der Waals surface area contributed by atoms with Crippen LogP contribution in [-0.2, 0) is 20.2 Å². The molecule has 0 bridgehead atoms. The summed E-state index contributed by atoms with van der Waals surface area (Å²) in [5, 5.41) is 8.54. The van der Waals surface area contributed by atoms with Crippen LogP contribution >= 0.6 is 11.6 Å². The maximum absolute atomic E-state index is 13.3. The molecule has 10 nitrogen and oxygen atoms in total. The zero-order chi connectivity index (χ0) is 27.9. The average molecular weight is 561 g/mol. The number of rotatable bonds is 5. The number of likely N-dealkylation sites (tertiary alicyclic amines) is 1. The topological polar surface area (TPSA) is 119 Å². The first kappa shape index (κ1) is 27.8. The largest absolute Gasteiger partial charge is 0.444 e. The fourth-order valence-corrected chi connectivity index (χ4v) is 5.39. The number of carbonyl (C=O) groups is 1. The number of aromatic nitrogens is 4. The molecule has 2 aromatic heterocycles. The first-order chi connectivity index (χ1) is 17.6. The van der Waals surface area contributed by atoms with Crippen molar-refractivity contribution in [3.05, 3.63) is 53.4 Å². The molecule has 1 aromatic carbocycles. The molecule has 12 heteroatoms. The average Bonchev–Trinajstić information content (AvgIpc) is 3.47. The molecule has 204 valence electrons. The Hall–Kier alpha value is -3.18. The number of pyridine rings is 1. The molecule has 3 heterocycles. The first-order valence-electron chi connectivity index (χ1n) is 12.3. The number of ether oxygens (including phenoxy) is 1. The highest BCUT2D eigenvalue weighted by Crippen LogP contribution is 2.33. The van der Waals surface area contributed by atoms with Gasteiger partial charge in [-0.2, -0.15) is 0 Å². The molecule has 1 saturated heterocycles. The lowest BCUT2D eigenvalue weighted by Crippen LogP contribution is -2.35. The zero-order valence-electron chi connectivity index (χ0n) is 22.4. The van der Waals surface area contributed by atoms with E-state index < -0.39 is 15.6 Å². The number of amides is 1. The molecule has 1 N–H and O–H groups in total. The number of benzene rings is 1. The summed E-state index contributed by atoms with van der Waals surface area (Å²) in [4.78, 5) is 18.7. The van der Waals surface area contributed by atoms with Crippen LogP contribution in [0.1, 0.15) is 59.6 Å². The van der Waals surface area contributed by atoms with Crippen LogP contribution in [0.3, 0.4) is 0 Å². The van der Waals surface area contributed by atoms with Crippen LogP contribution < -0.4 is 4.72 Å². The van der Waals surface area contributed by atoms with E-state index in [1.807, 2.05) is 20.8 Å². The van der Waals surface area contributed by atoms with Crippen LogP contribution in [0.5, 0.6) is 0 Å². The molecule has 1 aliphatic heterocycles. The van der Waals surface area contributed by atoms with Crippen molar-refractivity contribution in [2.75, 3.05) is 17.8 Å². The molecule has 0 saturated carbocycles. The maximum atomic E-state index is 13.3. The fourth-order valence-electron chi connectivity index (χ4n) is 4.17. The number of hydrogen-bond acceptors (Lipinski definition) is 7. The van der Waals surface area contributed by atoms with E-state index in [0.717, 1.165) is 5.56 Å². The van der Waals surface area contributed by atoms with Crippen LogP contribution in [0.15, 0.2) is 47.8 Å². The second-order valence-corrected chi connectivity index (χ2v) is 13.5. The molecule has 0 aliphatic carbocycles. The van der Waals surface area contributed by atoms with Gasteiger partial charge >= 0.3 is 6.09 Å². The summed E-state index contributed by atoms with van der Waals surface area (Å²) in [6.45, 7) is 12.6. The van der Waals surface area contributed by atoms with Gasteiger partial charge in [0.25, 0.3) is 10.0 Å². The minimum Gasteiger partial charge on any atom is -0.444 e. The van der Waals surface area contributed by atoms with E-state index in [1.165, 1.54) is 12.3 Å². The Morgan fingerprint density at radius 1 is 1.13 bits per heavy atom. The van der Waals surface area contributed by atoms with Gasteiger partial charge in [0, 0.05) is 19.3 Å². The number of halogens is 1. The Morgan fingerprint density at radius 2 is 1.82 bits per heavy atom. The third-order valence-electron chi connectivity index (χ3n) is 6.12. The van der Waals surface area contributed by atoms with E-state index in [9.17, 15) is 13.2 Å². The molecule has 38 heavy (non-hydrogen) atoms. The summed E-state index contributed by atoms with van der Waals surface area (Å²) >= 11 is 6.20. The van der Waals surface area contributed by atoms with Crippen molar-refractivity contribution in [2.45, 2.75) is 69.9 Å². The summed E-state index contributed by atoms with van der Waals surface area (Å²) < 4.78 is 36.5. The molecule has 1 atom stereocenters. The smallest absolute Gasteiger partial charge is 0.410 e. The summed E-state index contributed by atoms with van der Waals surface area (Å²) in [6, 6.07) is 8.11. The highest BCUT2D eigenvalue weighted by atomic mass is 35.5. The predicted octanol–water partition coefficient (Wildman–Crippen LogP) is 5.27. The molecule has 1 aliphatic rings. The lowest BCUT2D eigenvalue weighted by Gasteiger charge is -2.24. The molecule has 0 radical (unpaired) electrons. The summed E-state index contributed by atoms with van der Waals surface area (Å²) in [7, 11) is -3.95. The van der Waals surface area contributed by atoms with Gasteiger partial charge in [-0.15, -0.1) is 10.2 Å². The van der Waals surface area contributed by atoms with Crippen LogP contribution in [-0.4, -0.2) is 57.8 Å². The van der Waals surface area contributed by atoms with E-state index >= 15 is 0 Å². The van der Waals surface area contributed by atoms with Gasteiger partial charge in [-0.1, -0.05) is 44.5 Å². The Balaban J connectivity index is 1.61. The van der Waals surface area contributed by atoms with Gasteiger partial charge in [0.2, 0.25) is 0 Å². The van der Waals surface area contributed by atoms with Crippen molar-refractivity contribution in [1.29, 1.82) is 0 Å². The minimum atomic E-state index is -3.95. The molecular formula is C26H33ClN6O4S. The molecule has 1 amide bonds. The number of nitrogens with one attached hydrogen (secondary N) is 1. The molecule has 0 unspecified atom stereocenters. The summed E-state index contributed by atoms with van der Waals surface area (Å²) in [5.74, 6) is 0.360. The van der Waals surface area contributed by atoms with Crippen molar-refractivity contribution in [2.24, 2.45) is 0 Å². The lowest BCUT2D eigenvalue weighted by atomic mass is 9.87. The van der Waals surface area contributed by atoms with E-state index in [1.54, 1.807) is 40.1 Å². The predicted molar refractivity (Wildman–Crippen MR) is 146 cm³/mol. The van der Waals surface area contributed by atoms with E-state index in [-0.39, 0.29) is 38.8 Å². The molecule has 1 fully saturated rings. The van der Waals surface area contributed by atoms with Crippen LogP contribution in [0, 0.1) is 0 Å². The normalized spacial score (nSPS) is 16.5. The molecule has 0 spiro atoms. The van der Waals surface area contributed by atoms with Crippen LogP contribution in [0.25, 0.3) is 11.5 Å². The van der Waals surface area contributed by atoms with E-state index in [2.05, 4.69) is 40.7 Å². The Labute approximate surface area is 228 Å². The number of nitrogens with zero attached hydrogens (tertiary/aromatic N) is 5. The first-order valence-corrected chi connectivity index (χ1v) is 14.2. The standard InChI is InChI=1S/C26H33ClN6O4S/c1-25(2,3)17-7-9-20(10-8-17)38(35,36)31-21-13-18(27)14-28-22(21)23-30-29-16-33(23)19-11-12-32(15-19)24(34)37-26(4,5)6/h7-10,13-14,16,19,31H,11-12,15H2,1-6H3/t19-/m0/s1. The van der Waals surface area contributed by atoms with Crippen molar-refractivity contribution in [3.8, 4) is 11.5 Å². The highest BCUT2D eigenvalue weighted by molar-refractivity contribution is 7.92. The summed E-state index contributed by atoms with van der Waals surface area (Å²) in [6.07, 6.45) is 3.25. The Kier molecular flexibility index (Phi) is 7.46. The van der Waals surface area contributed by atoms with Gasteiger partial charge in [0.15, 0.2) is 5.82 Å². The Morgan fingerprint density at radius 3 is 2.45 bits per heavy atom.